The fourth-order valence-corrected chi connectivity index (χ4v) is 3.25. The van der Waals surface area contributed by atoms with Crippen molar-refractivity contribution in [3.8, 4) is 5.75 Å². The van der Waals surface area contributed by atoms with Crippen molar-refractivity contribution in [3.63, 3.8) is 0 Å². The van der Waals surface area contributed by atoms with Gasteiger partial charge in [0.1, 0.15) is 5.75 Å². The van der Waals surface area contributed by atoms with Gasteiger partial charge in [0.25, 0.3) is 5.91 Å². The highest BCUT2D eigenvalue weighted by atomic mass is 35.5. The second-order valence-corrected chi connectivity index (χ2v) is 6.72. The standard InChI is InChI=1S/C19H27N3O4.ClH/c23-18(6-5-15-7-8-20-13-15)21-16-3-1-2-4-17(16)26-14-19(24)22-9-11-25-12-10-22;/h1-4,15,20H,5-14H2,(H,21,23);1H. The van der Waals surface area contributed by atoms with Crippen LogP contribution in [0.4, 0.5) is 5.69 Å². The first-order valence-electron chi connectivity index (χ1n) is 9.30. The molecule has 2 amide bonds. The number of rotatable bonds is 7. The minimum atomic E-state index is -0.0665. The van der Waals surface area contributed by atoms with E-state index in [0.29, 0.717) is 50.1 Å². The summed E-state index contributed by atoms with van der Waals surface area (Å²) in [4.78, 5) is 26.2. The smallest absolute Gasteiger partial charge is 0.260 e. The number of para-hydroxylation sites is 2. The maximum Gasteiger partial charge on any atom is 0.260 e. The SMILES string of the molecule is Cl.O=C(CCC1CCNC1)Nc1ccccc1OCC(=O)N1CCOCC1. The fourth-order valence-electron chi connectivity index (χ4n) is 3.25. The van der Waals surface area contributed by atoms with Gasteiger partial charge in [-0.15, -0.1) is 12.4 Å². The number of anilines is 1. The highest BCUT2D eigenvalue weighted by molar-refractivity contribution is 5.92. The molecular formula is C19H28ClN3O4. The van der Waals surface area contributed by atoms with E-state index in [9.17, 15) is 9.59 Å². The highest BCUT2D eigenvalue weighted by Gasteiger charge is 2.19. The van der Waals surface area contributed by atoms with Crippen LogP contribution in [0.1, 0.15) is 19.3 Å². The topological polar surface area (TPSA) is 79.9 Å². The van der Waals surface area contributed by atoms with Gasteiger partial charge in [0.05, 0.1) is 18.9 Å². The lowest BCUT2D eigenvalue weighted by atomic mass is 10.0. The second-order valence-electron chi connectivity index (χ2n) is 6.72. The normalized spacial score (nSPS) is 19.3. The minimum Gasteiger partial charge on any atom is -0.482 e. The number of halogens is 1. The van der Waals surface area contributed by atoms with Crippen molar-refractivity contribution in [2.24, 2.45) is 5.92 Å². The first kappa shape index (κ1) is 21.5. The van der Waals surface area contributed by atoms with Gasteiger partial charge in [-0.05, 0) is 44.0 Å². The van der Waals surface area contributed by atoms with Crippen molar-refractivity contribution in [3.05, 3.63) is 24.3 Å². The van der Waals surface area contributed by atoms with Crippen LogP contribution < -0.4 is 15.4 Å². The van der Waals surface area contributed by atoms with Crippen LogP contribution >= 0.6 is 12.4 Å². The van der Waals surface area contributed by atoms with E-state index in [1.807, 2.05) is 12.1 Å². The predicted molar refractivity (Wildman–Crippen MR) is 105 cm³/mol. The van der Waals surface area contributed by atoms with Crippen LogP contribution in [0.3, 0.4) is 0 Å². The molecule has 7 nitrogen and oxygen atoms in total. The number of ether oxygens (including phenoxy) is 2. The Labute approximate surface area is 166 Å². The summed E-state index contributed by atoms with van der Waals surface area (Å²) in [6, 6.07) is 7.23. The number of hydrogen-bond acceptors (Lipinski definition) is 5. The molecule has 2 fully saturated rings. The van der Waals surface area contributed by atoms with Crippen LogP contribution in [0.15, 0.2) is 24.3 Å². The Morgan fingerprint density at radius 1 is 1.26 bits per heavy atom. The van der Waals surface area contributed by atoms with E-state index in [1.165, 1.54) is 0 Å². The Morgan fingerprint density at radius 3 is 2.78 bits per heavy atom. The molecule has 2 aliphatic rings. The molecule has 1 atom stereocenters. The number of amides is 2. The average Bonchev–Trinajstić information content (AvgIpc) is 3.20. The molecule has 8 heteroatoms. The molecule has 0 aliphatic carbocycles. The van der Waals surface area contributed by atoms with E-state index in [1.54, 1.807) is 17.0 Å². The Hall–Kier alpha value is -1.83. The number of carbonyl (C=O) groups is 2. The zero-order chi connectivity index (χ0) is 18.2. The van der Waals surface area contributed by atoms with Crippen molar-refractivity contribution in [2.75, 3.05) is 51.3 Å². The van der Waals surface area contributed by atoms with E-state index >= 15 is 0 Å². The molecule has 0 saturated carbocycles. The number of hydrogen-bond donors (Lipinski definition) is 2. The van der Waals surface area contributed by atoms with E-state index in [0.717, 1.165) is 25.9 Å². The Morgan fingerprint density at radius 2 is 2.04 bits per heavy atom. The summed E-state index contributed by atoms with van der Waals surface area (Å²) in [7, 11) is 0. The van der Waals surface area contributed by atoms with Gasteiger partial charge in [-0.1, -0.05) is 12.1 Å². The van der Waals surface area contributed by atoms with Crippen LogP contribution in [0.2, 0.25) is 0 Å². The molecule has 3 rings (SSSR count). The third-order valence-corrected chi connectivity index (χ3v) is 4.82. The molecule has 1 aromatic carbocycles. The molecule has 2 heterocycles. The van der Waals surface area contributed by atoms with Crippen LogP contribution in [-0.4, -0.2) is 62.7 Å². The first-order chi connectivity index (χ1) is 12.7. The van der Waals surface area contributed by atoms with Crippen molar-refractivity contribution in [1.29, 1.82) is 0 Å². The summed E-state index contributed by atoms with van der Waals surface area (Å²) in [5.74, 6) is 1.01. The van der Waals surface area contributed by atoms with Crippen molar-refractivity contribution >= 4 is 29.9 Å². The number of nitrogens with one attached hydrogen (secondary N) is 2. The van der Waals surface area contributed by atoms with Gasteiger partial charge in [-0.2, -0.15) is 0 Å². The molecule has 2 N–H and O–H groups in total. The molecule has 1 unspecified atom stereocenters. The second kappa shape index (κ2) is 11.1. The Kier molecular flexibility index (Phi) is 8.84. The highest BCUT2D eigenvalue weighted by Crippen LogP contribution is 2.24. The molecular weight excluding hydrogens is 370 g/mol. The minimum absolute atomic E-state index is 0. The van der Waals surface area contributed by atoms with Gasteiger partial charge in [0, 0.05) is 19.5 Å². The van der Waals surface area contributed by atoms with Gasteiger partial charge in [-0.3, -0.25) is 9.59 Å². The van der Waals surface area contributed by atoms with Crippen LogP contribution in [0.5, 0.6) is 5.75 Å². The molecule has 0 radical (unpaired) electrons. The van der Waals surface area contributed by atoms with Gasteiger partial charge < -0.3 is 25.0 Å². The molecule has 150 valence electrons. The maximum absolute atomic E-state index is 12.2. The van der Waals surface area contributed by atoms with E-state index in [4.69, 9.17) is 9.47 Å². The third kappa shape index (κ3) is 6.68. The van der Waals surface area contributed by atoms with Gasteiger partial charge in [0.15, 0.2) is 6.61 Å². The average molecular weight is 398 g/mol. The molecule has 0 aromatic heterocycles. The summed E-state index contributed by atoms with van der Waals surface area (Å²) in [6.07, 6.45) is 2.52. The largest absolute Gasteiger partial charge is 0.482 e. The third-order valence-electron chi connectivity index (χ3n) is 4.82. The van der Waals surface area contributed by atoms with Gasteiger partial charge in [-0.25, -0.2) is 0 Å². The summed E-state index contributed by atoms with van der Waals surface area (Å²) in [5.41, 5.74) is 0.608. The molecule has 0 bridgehead atoms. The molecule has 0 spiro atoms. The van der Waals surface area contributed by atoms with E-state index < -0.39 is 0 Å². The lowest BCUT2D eigenvalue weighted by Crippen LogP contribution is -2.43. The lowest BCUT2D eigenvalue weighted by Gasteiger charge is -2.26. The molecule has 1 aromatic rings. The van der Waals surface area contributed by atoms with Crippen LogP contribution in [-0.2, 0) is 14.3 Å². The monoisotopic (exact) mass is 397 g/mol. The van der Waals surface area contributed by atoms with Crippen LogP contribution in [0, 0.1) is 5.92 Å². The summed E-state index contributed by atoms with van der Waals surface area (Å²) in [5, 5.41) is 6.22. The number of nitrogens with zero attached hydrogens (tertiary/aromatic N) is 1. The van der Waals surface area contributed by atoms with Crippen molar-refractivity contribution < 1.29 is 19.1 Å². The van der Waals surface area contributed by atoms with Gasteiger partial charge in [0.2, 0.25) is 5.91 Å². The molecule has 2 saturated heterocycles. The molecule has 27 heavy (non-hydrogen) atoms. The molecule has 2 aliphatic heterocycles. The summed E-state index contributed by atoms with van der Waals surface area (Å²) in [6.45, 7) is 4.31. The van der Waals surface area contributed by atoms with E-state index in [2.05, 4.69) is 10.6 Å². The number of carbonyl (C=O) groups excluding carboxylic acids is 2. The number of benzene rings is 1. The first-order valence-corrected chi connectivity index (χ1v) is 9.30. The Bertz CT molecular complexity index is 617. The lowest BCUT2D eigenvalue weighted by molar-refractivity contribution is -0.137. The Balaban J connectivity index is 0.00000261. The maximum atomic E-state index is 12.2. The summed E-state index contributed by atoms with van der Waals surface area (Å²) < 4.78 is 10.9. The van der Waals surface area contributed by atoms with Crippen molar-refractivity contribution in [1.82, 2.24) is 10.2 Å². The van der Waals surface area contributed by atoms with Crippen LogP contribution in [0.25, 0.3) is 0 Å². The van der Waals surface area contributed by atoms with Gasteiger partial charge >= 0.3 is 0 Å². The number of morpholine rings is 1. The summed E-state index contributed by atoms with van der Waals surface area (Å²) >= 11 is 0. The predicted octanol–water partition coefficient (Wildman–Crippen LogP) is 1.67. The van der Waals surface area contributed by atoms with E-state index in [-0.39, 0.29) is 30.8 Å². The van der Waals surface area contributed by atoms with Crippen molar-refractivity contribution in [2.45, 2.75) is 19.3 Å². The quantitative estimate of drug-likeness (QED) is 0.731. The zero-order valence-electron chi connectivity index (χ0n) is 15.4. The fraction of sp³-hybridized carbons (Fsp3) is 0.579. The zero-order valence-corrected chi connectivity index (χ0v) is 16.3.